The number of aromatic nitrogens is 1. The van der Waals surface area contributed by atoms with E-state index in [-0.39, 0.29) is 18.2 Å². The Kier molecular flexibility index (Phi) is 5.26. The van der Waals surface area contributed by atoms with Crippen molar-refractivity contribution >= 4 is 17.7 Å². The van der Waals surface area contributed by atoms with E-state index < -0.39 is 11.6 Å². The maximum Gasteiger partial charge on any atom is 0.325 e. The Morgan fingerprint density at radius 2 is 1.93 bits per heavy atom. The normalized spacial score (nSPS) is 21.0. The number of benzene rings is 1. The fourth-order valence-electron chi connectivity index (χ4n) is 5.00. The van der Waals surface area contributed by atoms with Crippen LogP contribution in [0.5, 0.6) is 0 Å². The van der Waals surface area contributed by atoms with Gasteiger partial charge in [-0.3, -0.25) is 14.5 Å². The Balaban J connectivity index is 1.63. The molecule has 158 valence electrons. The lowest BCUT2D eigenvalue weighted by Crippen LogP contribution is -2.44. The molecular formula is C24H29N3O3. The average Bonchev–Trinajstić information content (AvgIpc) is 3.05. The Hall–Kier alpha value is -2.89. The van der Waals surface area contributed by atoms with E-state index in [0.29, 0.717) is 12.0 Å². The molecule has 1 saturated heterocycles. The molecule has 1 fully saturated rings. The van der Waals surface area contributed by atoms with Crippen molar-refractivity contribution in [2.24, 2.45) is 0 Å². The van der Waals surface area contributed by atoms with Crippen LogP contribution < -0.4 is 5.32 Å². The number of carbonyl (C=O) groups excluding carboxylic acids is 3. The van der Waals surface area contributed by atoms with Gasteiger partial charge >= 0.3 is 6.03 Å². The van der Waals surface area contributed by atoms with Crippen LogP contribution in [0, 0.1) is 13.8 Å². The van der Waals surface area contributed by atoms with E-state index in [4.69, 9.17) is 0 Å². The molecule has 2 heterocycles. The highest BCUT2D eigenvalue weighted by atomic mass is 16.2. The molecule has 6 heteroatoms. The SMILES string of the molecule is CCCn1c(C)cc(C(=O)CN2C(=O)N[C@@]3(CCCCc4ccccc43)C2=O)c1C. The van der Waals surface area contributed by atoms with E-state index in [1.54, 1.807) is 0 Å². The number of nitrogens with one attached hydrogen (secondary N) is 1. The van der Waals surface area contributed by atoms with Crippen molar-refractivity contribution in [3.63, 3.8) is 0 Å². The van der Waals surface area contributed by atoms with Gasteiger partial charge in [-0.05, 0) is 63.1 Å². The lowest BCUT2D eigenvalue weighted by atomic mass is 9.84. The molecule has 0 radical (unpaired) electrons. The zero-order valence-electron chi connectivity index (χ0n) is 18.0. The van der Waals surface area contributed by atoms with E-state index in [2.05, 4.69) is 16.8 Å². The second-order valence-corrected chi connectivity index (χ2v) is 8.45. The van der Waals surface area contributed by atoms with E-state index in [1.165, 1.54) is 0 Å². The van der Waals surface area contributed by atoms with Crippen LogP contribution in [0.2, 0.25) is 0 Å². The number of aryl methyl sites for hydroxylation is 2. The van der Waals surface area contributed by atoms with E-state index in [1.807, 2.05) is 44.2 Å². The molecule has 2 aliphatic rings. The number of hydrogen-bond acceptors (Lipinski definition) is 3. The summed E-state index contributed by atoms with van der Waals surface area (Å²) >= 11 is 0. The summed E-state index contributed by atoms with van der Waals surface area (Å²) < 4.78 is 2.11. The molecule has 30 heavy (non-hydrogen) atoms. The largest absolute Gasteiger partial charge is 0.348 e. The van der Waals surface area contributed by atoms with E-state index in [9.17, 15) is 14.4 Å². The Bertz CT molecular complexity index is 1020. The number of carbonyl (C=O) groups is 3. The van der Waals surface area contributed by atoms with Crippen molar-refractivity contribution < 1.29 is 14.4 Å². The fraction of sp³-hybridized carbons (Fsp3) is 0.458. The number of Topliss-reactive ketones (excluding diaryl/α,β-unsaturated/α-hetero) is 1. The van der Waals surface area contributed by atoms with Gasteiger partial charge < -0.3 is 9.88 Å². The second-order valence-electron chi connectivity index (χ2n) is 8.45. The molecule has 4 rings (SSSR count). The van der Waals surface area contributed by atoms with Crippen LogP contribution in [0.25, 0.3) is 0 Å². The molecule has 2 aromatic rings. The Morgan fingerprint density at radius 1 is 1.17 bits per heavy atom. The standard InChI is InChI=1S/C24H29N3O3/c1-4-13-26-16(2)14-19(17(26)3)21(28)15-27-22(29)24(25-23(27)30)12-8-7-10-18-9-5-6-11-20(18)24/h5-6,9,11,14H,4,7-8,10,12-13,15H2,1-3H3,(H,25,30)/t24-/m1/s1. The topological polar surface area (TPSA) is 71.4 Å². The summed E-state index contributed by atoms with van der Waals surface area (Å²) in [5.41, 5.74) is 3.41. The minimum atomic E-state index is -1.05. The summed E-state index contributed by atoms with van der Waals surface area (Å²) in [5, 5.41) is 2.95. The van der Waals surface area contributed by atoms with Crippen LogP contribution in [0.3, 0.4) is 0 Å². The number of imide groups is 1. The lowest BCUT2D eigenvalue weighted by molar-refractivity contribution is -0.131. The molecule has 1 spiro atoms. The number of hydrogen-bond donors (Lipinski definition) is 1. The van der Waals surface area contributed by atoms with Gasteiger partial charge in [0.15, 0.2) is 5.78 Å². The van der Waals surface area contributed by atoms with Gasteiger partial charge in [-0.25, -0.2) is 4.79 Å². The van der Waals surface area contributed by atoms with Crippen LogP contribution in [0.15, 0.2) is 30.3 Å². The minimum absolute atomic E-state index is 0.201. The molecule has 1 N–H and O–H groups in total. The molecule has 6 nitrogen and oxygen atoms in total. The van der Waals surface area contributed by atoms with Crippen LogP contribution in [0.4, 0.5) is 4.79 Å². The maximum absolute atomic E-state index is 13.5. The average molecular weight is 408 g/mol. The third-order valence-corrected chi connectivity index (χ3v) is 6.52. The molecule has 1 aliphatic heterocycles. The highest BCUT2D eigenvalue weighted by Gasteiger charge is 2.53. The van der Waals surface area contributed by atoms with Gasteiger partial charge in [0.25, 0.3) is 5.91 Å². The van der Waals surface area contributed by atoms with Gasteiger partial charge in [0, 0.05) is 23.5 Å². The van der Waals surface area contributed by atoms with Gasteiger partial charge in [-0.1, -0.05) is 31.2 Å². The summed E-state index contributed by atoms with van der Waals surface area (Å²) in [6.45, 7) is 6.60. The molecule has 0 saturated carbocycles. The predicted octanol–water partition coefficient (Wildman–Crippen LogP) is 3.87. The van der Waals surface area contributed by atoms with Crippen LogP contribution in [-0.4, -0.2) is 33.7 Å². The van der Waals surface area contributed by atoms with Gasteiger partial charge in [0.05, 0.1) is 6.54 Å². The molecule has 3 amide bonds. The smallest absolute Gasteiger partial charge is 0.325 e. The quantitative estimate of drug-likeness (QED) is 0.604. The van der Waals surface area contributed by atoms with E-state index in [0.717, 1.165) is 59.6 Å². The van der Waals surface area contributed by atoms with Crippen molar-refractivity contribution in [2.45, 2.75) is 65.0 Å². The number of urea groups is 1. The summed E-state index contributed by atoms with van der Waals surface area (Å²) in [4.78, 5) is 40.6. The molecular weight excluding hydrogens is 378 g/mol. The molecule has 1 aliphatic carbocycles. The van der Waals surface area contributed by atoms with Crippen molar-refractivity contribution in [1.29, 1.82) is 0 Å². The van der Waals surface area contributed by atoms with Gasteiger partial charge in [0.1, 0.15) is 5.54 Å². The number of amides is 3. The molecule has 0 bridgehead atoms. The highest BCUT2D eigenvalue weighted by molar-refractivity contribution is 6.11. The van der Waals surface area contributed by atoms with Crippen LogP contribution in [-0.2, 0) is 23.3 Å². The first-order valence-electron chi connectivity index (χ1n) is 10.8. The van der Waals surface area contributed by atoms with Crippen molar-refractivity contribution in [2.75, 3.05) is 6.54 Å². The fourth-order valence-corrected chi connectivity index (χ4v) is 5.00. The maximum atomic E-state index is 13.5. The Labute approximate surface area is 177 Å². The number of rotatable bonds is 5. The first-order valence-corrected chi connectivity index (χ1v) is 10.8. The highest BCUT2D eigenvalue weighted by Crippen LogP contribution is 2.39. The summed E-state index contributed by atoms with van der Waals surface area (Å²) in [5.74, 6) is -0.509. The molecule has 1 aromatic carbocycles. The third kappa shape index (κ3) is 3.15. The van der Waals surface area contributed by atoms with Gasteiger partial charge in [0.2, 0.25) is 0 Å². The van der Waals surface area contributed by atoms with Crippen LogP contribution in [0.1, 0.15) is 65.5 Å². The second kappa shape index (κ2) is 7.74. The third-order valence-electron chi connectivity index (χ3n) is 6.52. The first kappa shape index (κ1) is 20.4. The monoisotopic (exact) mass is 407 g/mol. The molecule has 1 aromatic heterocycles. The van der Waals surface area contributed by atoms with Gasteiger partial charge in [-0.15, -0.1) is 0 Å². The number of ketones is 1. The number of nitrogens with zero attached hydrogens (tertiary/aromatic N) is 2. The number of fused-ring (bicyclic) bond motifs is 2. The van der Waals surface area contributed by atoms with Crippen molar-refractivity contribution in [3.8, 4) is 0 Å². The minimum Gasteiger partial charge on any atom is -0.348 e. The summed E-state index contributed by atoms with van der Waals surface area (Å²) in [6.07, 6.45) is 4.25. The summed E-state index contributed by atoms with van der Waals surface area (Å²) in [7, 11) is 0. The van der Waals surface area contributed by atoms with Crippen molar-refractivity contribution in [1.82, 2.24) is 14.8 Å². The molecule has 0 unspecified atom stereocenters. The predicted molar refractivity (Wildman–Crippen MR) is 114 cm³/mol. The zero-order chi connectivity index (χ0) is 21.5. The lowest BCUT2D eigenvalue weighted by Gasteiger charge is -2.27. The Morgan fingerprint density at radius 3 is 2.70 bits per heavy atom. The van der Waals surface area contributed by atoms with Crippen LogP contribution >= 0.6 is 0 Å². The van der Waals surface area contributed by atoms with Gasteiger partial charge in [-0.2, -0.15) is 0 Å². The zero-order valence-corrected chi connectivity index (χ0v) is 18.0. The summed E-state index contributed by atoms with van der Waals surface area (Å²) in [6, 6.07) is 9.21. The van der Waals surface area contributed by atoms with E-state index >= 15 is 0 Å². The molecule has 1 atom stereocenters. The first-order chi connectivity index (χ1) is 14.4. The van der Waals surface area contributed by atoms with Crippen molar-refractivity contribution in [3.05, 3.63) is 58.4 Å².